The Morgan fingerprint density at radius 2 is 1.83 bits per heavy atom. The lowest BCUT2D eigenvalue weighted by molar-refractivity contribution is 0.247. The van der Waals surface area contributed by atoms with Crippen molar-refractivity contribution in [3.63, 3.8) is 0 Å². The summed E-state index contributed by atoms with van der Waals surface area (Å²) in [6.45, 7) is 4.25. The number of carbonyl (C=O) groups is 1. The molecule has 0 fully saturated rings. The fourth-order valence-electron chi connectivity index (χ4n) is 2.08. The molecule has 0 bridgehead atoms. The maximum absolute atomic E-state index is 13.4. The lowest BCUT2D eigenvalue weighted by Crippen LogP contribution is -2.32. The second-order valence-corrected chi connectivity index (χ2v) is 5.22. The normalized spacial score (nSPS) is 10.4. The van der Waals surface area contributed by atoms with E-state index in [-0.39, 0.29) is 13.2 Å². The maximum Gasteiger partial charge on any atom is 0.319 e. The zero-order valence-electron chi connectivity index (χ0n) is 13.3. The van der Waals surface area contributed by atoms with Crippen LogP contribution in [0.25, 0.3) is 0 Å². The van der Waals surface area contributed by atoms with Gasteiger partial charge in [0.2, 0.25) is 0 Å². The molecular formula is C17H17F3N2O2. The van der Waals surface area contributed by atoms with Crippen LogP contribution in [0.15, 0.2) is 30.3 Å². The van der Waals surface area contributed by atoms with Gasteiger partial charge >= 0.3 is 6.03 Å². The smallest absolute Gasteiger partial charge is 0.319 e. The lowest BCUT2D eigenvalue weighted by Gasteiger charge is -2.11. The van der Waals surface area contributed by atoms with Crippen molar-refractivity contribution in [2.45, 2.75) is 13.8 Å². The largest absolute Gasteiger partial charge is 0.491 e. The number of benzene rings is 2. The van der Waals surface area contributed by atoms with Gasteiger partial charge in [-0.15, -0.1) is 0 Å². The van der Waals surface area contributed by atoms with Crippen molar-refractivity contribution >= 4 is 11.7 Å². The molecule has 24 heavy (non-hydrogen) atoms. The fourth-order valence-corrected chi connectivity index (χ4v) is 2.08. The van der Waals surface area contributed by atoms with Crippen LogP contribution in [0.5, 0.6) is 5.75 Å². The van der Waals surface area contributed by atoms with Crippen LogP contribution in [0.3, 0.4) is 0 Å². The summed E-state index contributed by atoms with van der Waals surface area (Å²) >= 11 is 0. The fraction of sp³-hybridized carbons (Fsp3) is 0.235. The van der Waals surface area contributed by atoms with Gasteiger partial charge in [0.15, 0.2) is 17.5 Å². The van der Waals surface area contributed by atoms with Gasteiger partial charge in [-0.05, 0) is 37.6 Å². The number of hydrogen-bond donors (Lipinski definition) is 2. The molecule has 0 saturated heterocycles. The van der Waals surface area contributed by atoms with E-state index in [4.69, 9.17) is 4.74 Å². The molecule has 4 nitrogen and oxygen atoms in total. The van der Waals surface area contributed by atoms with Gasteiger partial charge in [-0.3, -0.25) is 0 Å². The van der Waals surface area contributed by atoms with E-state index in [1.165, 1.54) is 0 Å². The Kier molecular flexibility index (Phi) is 5.68. The van der Waals surface area contributed by atoms with E-state index in [9.17, 15) is 18.0 Å². The first-order valence-corrected chi connectivity index (χ1v) is 7.27. The van der Waals surface area contributed by atoms with Crippen LogP contribution in [0.2, 0.25) is 0 Å². The zero-order chi connectivity index (χ0) is 17.7. The number of anilines is 1. The van der Waals surface area contributed by atoms with Gasteiger partial charge in [-0.1, -0.05) is 17.7 Å². The average molecular weight is 338 g/mol. The Morgan fingerprint density at radius 1 is 1.08 bits per heavy atom. The molecule has 0 aliphatic heterocycles. The molecule has 0 aromatic heterocycles. The lowest BCUT2D eigenvalue weighted by atomic mass is 10.1. The van der Waals surface area contributed by atoms with Gasteiger partial charge in [0.05, 0.1) is 12.2 Å². The van der Waals surface area contributed by atoms with Gasteiger partial charge in [0, 0.05) is 0 Å². The van der Waals surface area contributed by atoms with E-state index >= 15 is 0 Å². The highest BCUT2D eigenvalue weighted by molar-refractivity contribution is 5.89. The van der Waals surface area contributed by atoms with Crippen LogP contribution in [0.4, 0.5) is 23.7 Å². The minimum absolute atomic E-state index is 0.157. The quantitative estimate of drug-likeness (QED) is 0.641. The maximum atomic E-state index is 13.4. The molecule has 2 aromatic rings. The minimum Gasteiger partial charge on any atom is -0.491 e. The van der Waals surface area contributed by atoms with E-state index in [1.54, 1.807) is 0 Å². The van der Waals surface area contributed by atoms with Gasteiger partial charge < -0.3 is 15.4 Å². The third-order valence-electron chi connectivity index (χ3n) is 3.26. The number of amides is 2. The molecule has 0 unspecified atom stereocenters. The first kappa shape index (κ1) is 17.7. The van der Waals surface area contributed by atoms with Crippen LogP contribution in [-0.2, 0) is 0 Å². The van der Waals surface area contributed by atoms with E-state index in [0.29, 0.717) is 5.75 Å². The van der Waals surface area contributed by atoms with Crippen LogP contribution in [0, 0.1) is 31.3 Å². The summed E-state index contributed by atoms with van der Waals surface area (Å²) in [5.41, 5.74) is 1.65. The number of carbonyl (C=O) groups excluding carboxylic acids is 1. The first-order valence-electron chi connectivity index (χ1n) is 7.27. The monoisotopic (exact) mass is 338 g/mol. The topological polar surface area (TPSA) is 50.4 Å². The molecule has 2 aromatic carbocycles. The standard InChI is InChI=1S/C17H17F3N2O2/c1-10-3-6-14(11(2)9-10)24-8-7-21-17(23)22-13-5-4-12(18)15(19)16(13)20/h3-6,9H,7-8H2,1-2H3,(H2,21,22,23). The summed E-state index contributed by atoms with van der Waals surface area (Å²) in [6, 6.07) is 6.65. The van der Waals surface area contributed by atoms with Crippen molar-refractivity contribution in [3.8, 4) is 5.75 Å². The number of urea groups is 1. The third-order valence-corrected chi connectivity index (χ3v) is 3.26. The van der Waals surface area contributed by atoms with Crippen LogP contribution >= 0.6 is 0 Å². The van der Waals surface area contributed by atoms with Gasteiger partial charge in [-0.25, -0.2) is 18.0 Å². The number of rotatable bonds is 5. The molecular weight excluding hydrogens is 321 g/mol. The van der Waals surface area contributed by atoms with Crippen LogP contribution in [0.1, 0.15) is 11.1 Å². The van der Waals surface area contributed by atoms with Crippen molar-refractivity contribution in [2.24, 2.45) is 0 Å². The Balaban J connectivity index is 1.80. The number of aryl methyl sites for hydroxylation is 2. The predicted octanol–water partition coefficient (Wildman–Crippen LogP) is 3.92. The third kappa shape index (κ3) is 4.41. The van der Waals surface area contributed by atoms with Crippen LogP contribution in [-0.4, -0.2) is 19.2 Å². The Labute approximate surface area is 137 Å². The van der Waals surface area contributed by atoms with Gasteiger partial charge in [0.1, 0.15) is 12.4 Å². The molecule has 0 saturated carbocycles. The molecule has 0 spiro atoms. The van der Waals surface area contributed by atoms with Crippen molar-refractivity contribution in [2.75, 3.05) is 18.5 Å². The van der Waals surface area contributed by atoms with Gasteiger partial charge in [-0.2, -0.15) is 0 Å². The SMILES string of the molecule is Cc1ccc(OCCNC(=O)Nc2ccc(F)c(F)c2F)c(C)c1. The van der Waals surface area contributed by atoms with Crippen molar-refractivity contribution in [1.29, 1.82) is 0 Å². The molecule has 7 heteroatoms. The molecule has 0 aliphatic carbocycles. The molecule has 0 aliphatic rings. The van der Waals surface area contributed by atoms with Crippen molar-refractivity contribution < 1.29 is 22.7 Å². The molecule has 2 amide bonds. The summed E-state index contributed by atoms with van der Waals surface area (Å²) in [5, 5.41) is 4.54. The number of ether oxygens (including phenoxy) is 1. The molecule has 0 atom stereocenters. The molecule has 128 valence electrons. The van der Waals surface area contributed by atoms with E-state index in [1.807, 2.05) is 32.0 Å². The highest BCUT2D eigenvalue weighted by atomic mass is 19.2. The first-order chi connectivity index (χ1) is 11.4. The Bertz CT molecular complexity index is 751. The Hall–Kier alpha value is -2.70. The van der Waals surface area contributed by atoms with Gasteiger partial charge in [0.25, 0.3) is 0 Å². The highest BCUT2D eigenvalue weighted by Gasteiger charge is 2.14. The number of nitrogens with one attached hydrogen (secondary N) is 2. The summed E-state index contributed by atoms with van der Waals surface area (Å²) < 4.78 is 44.8. The Morgan fingerprint density at radius 3 is 2.54 bits per heavy atom. The van der Waals surface area contributed by atoms with Crippen molar-refractivity contribution in [3.05, 3.63) is 58.9 Å². The highest BCUT2D eigenvalue weighted by Crippen LogP contribution is 2.20. The predicted molar refractivity (Wildman–Crippen MR) is 84.7 cm³/mol. The zero-order valence-corrected chi connectivity index (χ0v) is 13.3. The van der Waals surface area contributed by atoms with Crippen LogP contribution < -0.4 is 15.4 Å². The second-order valence-electron chi connectivity index (χ2n) is 5.22. The minimum atomic E-state index is -1.63. The summed E-state index contributed by atoms with van der Waals surface area (Å²) in [5.74, 6) is -3.70. The number of halogens is 3. The van der Waals surface area contributed by atoms with E-state index in [0.717, 1.165) is 23.3 Å². The summed E-state index contributed by atoms with van der Waals surface area (Å²) in [7, 11) is 0. The van der Waals surface area contributed by atoms with E-state index in [2.05, 4.69) is 10.6 Å². The molecule has 2 rings (SSSR count). The summed E-state index contributed by atoms with van der Waals surface area (Å²) in [4.78, 5) is 11.6. The summed E-state index contributed by atoms with van der Waals surface area (Å²) in [6.07, 6.45) is 0. The molecule has 0 radical (unpaired) electrons. The average Bonchev–Trinajstić information content (AvgIpc) is 2.54. The molecule has 0 heterocycles. The second kappa shape index (κ2) is 7.72. The van der Waals surface area contributed by atoms with Crippen molar-refractivity contribution in [1.82, 2.24) is 5.32 Å². The van der Waals surface area contributed by atoms with E-state index < -0.39 is 29.2 Å². The number of hydrogen-bond acceptors (Lipinski definition) is 2. The molecule has 2 N–H and O–H groups in total.